The van der Waals surface area contributed by atoms with Gasteiger partial charge in [0.2, 0.25) is 15.9 Å². The summed E-state index contributed by atoms with van der Waals surface area (Å²) in [4.78, 5) is 15.1. The van der Waals surface area contributed by atoms with Gasteiger partial charge in [-0.2, -0.15) is 4.31 Å². The number of sulfonamides is 1. The van der Waals surface area contributed by atoms with E-state index < -0.39 is 10.0 Å². The highest BCUT2D eigenvalue weighted by atomic mass is 35.5. The average Bonchev–Trinajstić information content (AvgIpc) is 3.60. The Morgan fingerprint density at radius 2 is 1.68 bits per heavy atom. The monoisotopic (exact) mass is 484 g/mol. The van der Waals surface area contributed by atoms with Gasteiger partial charge in [-0.05, 0) is 55.5 Å². The number of benzene rings is 2. The molecule has 1 saturated carbocycles. The van der Waals surface area contributed by atoms with Crippen molar-refractivity contribution in [2.45, 2.75) is 43.2 Å². The lowest BCUT2D eigenvalue weighted by Crippen LogP contribution is -2.44. The summed E-state index contributed by atoms with van der Waals surface area (Å²) in [6.07, 6.45) is 2.83. The molecule has 0 aromatic heterocycles. The van der Waals surface area contributed by atoms with E-state index in [-0.39, 0.29) is 51.7 Å². The molecule has 4 rings (SSSR count). The van der Waals surface area contributed by atoms with Crippen LogP contribution in [0.2, 0.25) is 10.0 Å². The standard InChI is InChI=1S/C22H23Cl2FN2O3S/c23-19-2-1-3-20(21(19)24)31(29,30)26-12-10-16(11-13-26)22(28)27(18-8-9-18)14-15-4-6-17(25)7-5-15/h1-7,16,18H,8-14H2. The SMILES string of the molecule is O=C(C1CCN(S(=O)(=O)c2cccc(Cl)c2Cl)CC1)N(Cc1ccc(F)cc1)C1CC1. The highest BCUT2D eigenvalue weighted by molar-refractivity contribution is 7.89. The van der Waals surface area contributed by atoms with Crippen molar-refractivity contribution in [1.82, 2.24) is 9.21 Å². The van der Waals surface area contributed by atoms with Crippen LogP contribution in [0.1, 0.15) is 31.2 Å². The molecule has 0 atom stereocenters. The molecule has 0 radical (unpaired) electrons. The Kier molecular flexibility index (Phi) is 6.58. The minimum Gasteiger partial charge on any atom is -0.335 e. The molecule has 2 fully saturated rings. The maximum Gasteiger partial charge on any atom is 0.244 e. The van der Waals surface area contributed by atoms with E-state index in [1.54, 1.807) is 24.3 Å². The van der Waals surface area contributed by atoms with Crippen molar-refractivity contribution in [2.75, 3.05) is 13.1 Å². The summed E-state index contributed by atoms with van der Waals surface area (Å²) in [7, 11) is -3.78. The summed E-state index contributed by atoms with van der Waals surface area (Å²) >= 11 is 12.1. The fourth-order valence-electron chi connectivity index (χ4n) is 3.96. The van der Waals surface area contributed by atoms with Gasteiger partial charge in [-0.3, -0.25) is 4.79 Å². The second-order valence-corrected chi connectivity index (χ2v) is 10.7. The highest BCUT2D eigenvalue weighted by Gasteiger charge is 2.39. The first-order valence-electron chi connectivity index (χ1n) is 10.3. The normalized spacial score (nSPS) is 18.2. The van der Waals surface area contributed by atoms with Crippen LogP contribution in [0, 0.1) is 11.7 Å². The van der Waals surface area contributed by atoms with E-state index in [0.717, 1.165) is 18.4 Å². The Morgan fingerprint density at radius 1 is 1.03 bits per heavy atom. The van der Waals surface area contributed by atoms with E-state index >= 15 is 0 Å². The lowest BCUT2D eigenvalue weighted by molar-refractivity contribution is -0.138. The summed E-state index contributed by atoms with van der Waals surface area (Å²) in [5.41, 5.74) is 0.886. The Balaban J connectivity index is 1.43. The van der Waals surface area contributed by atoms with Crippen molar-refractivity contribution in [3.8, 4) is 0 Å². The molecular weight excluding hydrogens is 462 g/mol. The number of rotatable bonds is 6. The fourth-order valence-corrected chi connectivity index (χ4v) is 6.17. The molecule has 31 heavy (non-hydrogen) atoms. The first-order valence-corrected chi connectivity index (χ1v) is 12.5. The Bertz CT molecular complexity index is 1070. The van der Waals surface area contributed by atoms with E-state index in [1.165, 1.54) is 22.5 Å². The second-order valence-electron chi connectivity index (χ2n) is 8.05. The summed E-state index contributed by atoms with van der Waals surface area (Å²) in [5, 5.41) is 0.204. The maximum atomic E-state index is 13.2. The molecule has 0 bridgehead atoms. The number of hydrogen-bond donors (Lipinski definition) is 0. The van der Waals surface area contributed by atoms with Gasteiger partial charge in [0, 0.05) is 31.6 Å². The lowest BCUT2D eigenvalue weighted by Gasteiger charge is -2.34. The minimum absolute atomic E-state index is 0.0117. The van der Waals surface area contributed by atoms with Crippen LogP contribution in [-0.2, 0) is 21.4 Å². The molecule has 0 spiro atoms. The van der Waals surface area contributed by atoms with Gasteiger partial charge in [0.25, 0.3) is 0 Å². The molecule has 2 aromatic carbocycles. The van der Waals surface area contributed by atoms with Crippen LogP contribution in [-0.4, -0.2) is 42.7 Å². The van der Waals surface area contributed by atoms with Gasteiger partial charge >= 0.3 is 0 Å². The van der Waals surface area contributed by atoms with Crippen LogP contribution in [0.5, 0.6) is 0 Å². The van der Waals surface area contributed by atoms with E-state index in [4.69, 9.17) is 23.2 Å². The van der Waals surface area contributed by atoms with Gasteiger partial charge in [-0.1, -0.05) is 41.4 Å². The van der Waals surface area contributed by atoms with Gasteiger partial charge in [0.15, 0.2) is 0 Å². The Labute approximate surface area is 191 Å². The molecule has 0 N–H and O–H groups in total. The Morgan fingerprint density at radius 3 is 2.29 bits per heavy atom. The molecule has 2 aliphatic rings. The number of halogens is 3. The molecule has 1 heterocycles. The smallest absolute Gasteiger partial charge is 0.244 e. The van der Waals surface area contributed by atoms with Crippen LogP contribution < -0.4 is 0 Å². The molecular formula is C22H23Cl2FN2O3S. The van der Waals surface area contributed by atoms with Crippen LogP contribution in [0.3, 0.4) is 0 Å². The predicted octanol–water partition coefficient (Wildman–Crippen LogP) is 4.72. The number of amides is 1. The minimum atomic E-state index is -3.78. The van der Waals surface area contributed by atoms with E-state index in [1.807, 2.05) is 4.90 Å². The predicted molar refractivity (Wildman–Crippen MR) is 118 cm³/mol. The van der Waals surface area contributed by atoms with Crippen LogP contribution >= 0.6 is 23.2 Å². The van der Waals surface area contributed by atoms with Crippen molar-refractivity contribution in [3.05, 3.63) is 63.9 Å². The molecule has 0 unspecified atom stereocenters. The van der Waals surface area contributed by atoms with Crippen molar-refractivity contribution >= 4 is 39.1 Å². The number of piperidine rings is 1. The van der Waals surface area contributed by atoms with Crippen molar-refractivity contribution in [2.24, 2.45) is 5.92 Å². The van der Waals surface area contributed by atoms with Crippen molar-refractivity contribution < 1.29 is 17.6 Å². The summed E-state index contributed by atoms with van der Waals surface area (Å²) in [6, 6.07) is 10.9. The largest absolute Gasteiger partial charge is 0.335 e. The van der Waals surface area contributed by atoms with E-state index in [2.05, 4.69) is 0 Å². The van der Waals surface area contributed by atoms with Gasteiger partial charge in [0.1, 0.15) is 10.7 Å². The summed E-state index contributed by atoms with van der Waals surface area (Å²) < 4.78 is 40.6. The third-order valence-corrected chi connectivity index (χ3v) is 8.75. The van der Waals surface area contributed by atoms with Gasteiger partial charge in [-0.15, -0.1) is 0 Å². The average molecular weight is 485 g/mol. The zero-order valence-corrected chi connectivity index (χ0v) is 19.1. The van der Waals surface area contributed by atoms with Crippen LogP contribution in [0.15, 0.2) is 47.4 Å². The fraction of sp³-hybridized carbons (Fsp3) is 0.409. The van der Waals surface area contributed by atoms with Gasteiger partial charge in [0.05, 0.1) is 10.0 Å². The number of carbonyl (C=O) groups is 1. The summed E-state index contributed by atoms with van der Waals surface area (Å²) in [5.74, 6) is -0.492. The lowest BCUT2D eigenvalue weighted by atomic mass is 9.96. The molecule has 9 heteroatoms. The van der Waals surface area contributed by atoms with E-state index in [9.17, 15) is 17.6 Å². The first kappa shape index (κ1) is 22.5. The number of hydrogen-bond acceptors (Lipinski definition) is 3. The van der Waals surface area contributed by atoms with Crippen LogP contribution in [0.4, 0.5) is 4.39 Å². The number of nitrogens with zero attached hydrogens (tertiary/aromatic N) is 2. The third-order valence-electron chi connectivity index (χ3n) is 5.87. The molecule has 1 amide bonds. The third kappa shape index (κ3) is 4.90. The zero-order valence-electron chi connectivity index (χ0n) is 16.8. The van der Waals surface area contributed by atoms with Crippen LogP contribution in [0.25, 0.3) is 0 Å². The van der Waals surface area contributed by atoms with Gasteiger partial charge < -0.3 is 4.90 Å². The maximum absolute atomic E-state index is 13.2. The van der Waals surface area contributed by atoms with Gasteiger partial charge in [-0.25, -0.2) is 12.8 Å². The molecule has 2 aromatic rings. The highest BCUT2D eigenvalue weighted by Crippen LogP contribution is 2.35. The van der Waals surface area contributed by atoms with Crippen molar-refractivity contribution in [1.29, 1.82) is 0 Å². The molecule has 5 nitrogen and oxygen atoms in total. The summed E-state index contributed by atoms with van der Waals surface area (Å²) in [6.45, 7) is 0.938. The van der Waals surface area contributed by atoms with Crippen molar-refractivity contribution in [3.63, 3.8) is 0 Å². The number of carbonyl (C=O) groups excluding carboxylic acids is 1. The molecule has 1 saturated heterocycles. The topological polar surface area (TPSA) is 57.7 Å². The second kappa shape index (κ2) is 9.06. The quantitative estimate of drug-likeness (QED) is 0.595. The zero-order chi connectivity index (χ0) is 22.2. The van der Waals surface area contributed by atoms with E-state index in [0.29, 0.717) is 19.4 Å². The first-order chi connectivity index (χ1) is 14.8. The molecule has 1 aliphatic heterocycles. The molecule has 1 aliphatic carbocycles. The Hall–Kier alpha value is -1.67. The molecule has 166 valence electrons.